The third kappa shape index (κ3) is 7.11. The summed E-state index contributed by atoms with van der Waals surface area (Å²) in [5.41, 5.74) is 4.45. The first kappa shape index (κ1) is 19.2. The fourth-order valence-electron chi connectivity index (χ4n) is 1.86. The maximum atomic E-state index is 11.4. The number of halogens is 1. The highest BCUT2D eigenvalue weighted by Crippen LogP contribution is 2.16. The van der Waals surface area contributed by atoms with Gasteiger partial charge in [-0.25, -0.2) is 4.98 Å². The molecule has 2 aromatic rings. The monoisotopic (exact) mass is 381 g/mol. The van der Waals surface area contributed by atoms with Gasteiger partial charge in [0.2, 0.25) is 5.13 Å². The molecule has 6 nitrogen and oxygen atoms in total. The number of alkyl halides is 1. The Bertz CT molecular complexity index is 689. The quantitative estimate of drug-likeness (QED) is 0.223. The minimum Gasteiger partial charge on any atom is -0.494 e. The second kappa shape index (κ2) is 10.7. The highest BCUT2D eigenvalue weighted by molar-refractivity contribution is 7.13. The lowest BCUT2D eigenvalue weighted by Gasteiger charge is -2.04. The number of thiazole rings is 1. The Morgan fingerprint density at radius 3 is 2.92 bits per heavy atom. The van der Waals surface area contributed by atoms with Gasteiger partial charge in [0.05, 0.1) is 31.5 Å². The van der Waals surface area contributed by atoms with Crippen LogP contribution < -0.4 is 10.2 Å². The number of aromatic nitrogens is 1. The van der Waals surface area contributed by atoms with Crippen molar-refractivity contribution in [1.82, 2.24) is 4.98 Å². The number of rotatable bonds is 10. The molecular weight excluding hydrogens is 362 g/mol. The Labute approximate surface area is 155 Å². The topological polar surface area (TPSA) is 72.8 Å². The lowest BCUT2D eigenvalue weighted by atomic mass is 10.2. The molecule has 134 valence electrons. The second-order valence-electron chi connectivity index (χ2n) is 4.96. The summed E-state index contributed by atoms with van der Waals surface area (Å²) in [7, 11) is 0. The molecule has 25 heavy (non-hydrogen) atoms. The fraction of sp³-hybridized carbons (Fsp3) is 0.353. The second-order valence-corrected chi connectivity index (χ2v) is 6.19. The zero-order chi connectivity index (χ0) is 17.9. The number of anilines is 1. The van der Waals surface area contributed by atoms with Crippen molar-refractivity contribution in [3.05, 3.63) is 40.9 Å². The molecule has 0 unspecified atom stereocenters. The van der Waals surface area contributed by atoms with Gasteiger partial charge in [0.1, 0.15) is 5.75 Å². The smallest absolute Gasteiger partial charge is 0.311 e. The molecule has 1 aromatic carbocycles. The molecule has 2 rings (SSSR count). The molecule has 0 aliphatic carbocycles. The van der Waals surface area contributed by atoms with E-state index in [1.165, 1.54) is 11.3 Å². The van der Waals surface area contributed by atoms with Gasteiger partial charge in [0.15, 0.2) is 0 Å². The minimum absolute atomic E-state index is 0.168. The standard InChI is InChI=1S/C17H20ClN3O3S/c1-2-23-16(22)10-14-12-25-17(20-14)21-19-11-13-4-6-15(7-5-13)24-9-3-8-18/h4-7,11-12H,2-3,8-10H2,1H3,(H,20,21). The van der Waals surface area contributed by atoms with E-state index in [2.05, 4.69) is 15.5 Å². The lowest BCUT2D eigenvalue weighted by Crippen LogP contribution is -2.07. The van der Waals surface area contributed by atoms with Crippen LogP contribution in [0, 0.1) is 0 Å². The van der Waals surface area contributed by atoms with Gasteiger partial charge in [0.25, 0.3) is 0 Å². The Hall–Kier alpha value is -2.12. The molecule has 0 saturated carbocycles. The number of nitrogens with one attached hydrogen (secondary N) is 1. The molecule has 0 aliphatic rings. The number of hydrazone groups is 1. The number of nitrogens with zero attached hydrogens (tertiary/aromatic N) is 2. The molecule has 0 bridgehead atoms. The van der Waals surface area contributed by atoms with E-state index in [9.17, 15) is 4.79 Å². The number of esters is 1. The molecule has 0 radical (unpaired) electrons. The van der Waals surface area contributed by atoms with Crippen LogP contribution in [0.4, 0.5) is 5.13 Å². The zero-order valence-corrected chi connectivity index (χ0v) is 15.5. The summed E-state index contributed by atoms with van der Waals surface area (Å²) in [4.78, 5) is 15.7. The zero-order valence-electron chi connectivity index (χ0n) is 13.9. The molecule has 1 aromatic heterocycles. The van der Waals surface area contributed by atoms with Crippen LogP contribution in [0.15, 0.2) is 34.7 Å². The largest absolute Gasteiger partial charge is 0.494 e. The van der Waals surface area contributed by atoms with Crippen molar-refractivity contribution in [3.63, 3.8) is 0 Å². The summed E-state index contributed by atoms with van der Waals surface area (Å²) in [5.74, 6) is 1.12. The molecular formula is C17H20ClN3O3S. The van der Waals surface area contributed by atoms with Crippen LogP contribution in [0.25, 0.3) is 0 Å². The number of hydrogen-bond donors (Lipinski definition) is 1. The molecule has 8 heteroatoms. The van der Waals surface area contributed by atoms with E-state index in [1.807, 2.05) is 29.6 Å². The van der Waals surface area contributed by atoms with E-state index in [0.29, 0.717) is 29.9 Å². The molecule has 0 saturated heterocycles. The Kier molecular flexibility index (Phi) is 8.21. The van der Waals surface area contributed by atoms with Crippen molar-refractivity contribution in [1.29, 1.82) is 0 Å². The van der Waals surface area contributed by atoms with E-state index in [4.69, 9.17) is 21.1 Å². The van der Waals surface area contributed by atoms with Crippen molar-refractivity contribution in [2.45, 2.75) is 19.8 Å². The minimum atomic E-state index is -0.281. The Morgan fingerprint density at radius 1 is 1.40 bits per heavy atom. The first-order chi connectivity index (χ1) is 12.2. The van der Waals surface area contributed by atoms with Crippen LogP contribution in [0.3, 0.4) is 0 Å². The highest BCUT2D eigenvalue weighted by Gasteiger charge is 2.07. The fourth-order valence-corrected chi connectivity index (χ4v) is 2.62. The van der Waals surface area contributed by atoms with Gasteiger partial charge in [-0.05, 0) is 43.2 Å². The van der Waals surface area contributed by atoms with Crippen LogP contribution in [-0.4, -0.2) is 36.3 Å². The summed E-state index contributed by atoms with van der Waals surface area (Å²) >= 11 is 6.99. The van der Waals surface area contributed by atoms with Crippen LogP contribution in [-0.2, 0) is 16.0 Å². The van der Waals surface area contributed by atoms with Gasteiger partial charge in [-0.1, -0.05) is 0 Å². The van der Waals surface area contributed by atoms with Crippen LogP contribution in [0.2, 0.25) is 0 Å². The molecule has 0 atom stereocenters. The summed E-state index contributed by atoms with van der Waals surface area (Å²) in [6, 6.07) is 7.59. The van der Waals surface area contributed by atoms with Gasteiger partial charge in [0, 0.05) is 11.3 Å². The summed E-state index contributed by atoms with van der Waals surface area (Å²) in [6.07, 6.45) is 2.68. The average molecular weight is 382 g/mol. The molecule has 0 fully saturated rings. The number of carbonyl (C=O) groups excluding carboxylic acids is 1. The molecule has 0 spiro atoms. The van der Waals surface area contributed by atoms with E-state index in [0.717, 1.165) is 17.7 Å². The van der Waals surface area contributed by atoms with E-state index in [-0.39, 0.29) is 12.4 Å². The molecule has 1 N–H and O–H groups in total. The van der Waals surface area contributed by atoms with Gasteiger partial charge in [-0.3, -0.25) is 10.2 Å². The van der Waals surface area contributed by atoms with Crippen LogP contribution in [0.5, 0.6) is 5.75 Å². The number of hydrogen-bond acceptors (Lipinski definition) is 7. The van der Waals surface area contributed by atoms with Crippen molar-refractivity contribution in [3.8, 4) is 5.75 Å². The Balaban J connectivity index is 1.80. The average Bonchev–Trinajstić information content (AvgIpc) is 3.04. The van der Waals surface area contributed by atoms with Crippen LogP contribution in [0.1, 0.15) is 24.6 Å². The van der Waals surface area contributed by atoms with E-state index < -0.39 is 0 Å². The molecule has 0 amide bonds. The van der Waals surface area contributed by atoms with Gasteiger partial charge in [-0.2, -0.15) is 5.10 Å². The predicted molar refractivity (Wildman–Crippen MR) is 101 cm³/mol. The number of ether oxygens (including phenoxy) is 2. The number of benzene rings is 1. The SMILES string of the molecule is CCOC(=O)Cc1csc(NN=Cc2ccc(OCCCCl)cc2)n1. The van der Waals surface area contributed by atoms with Crippen molar-refractivity contribution >= 4 is 40.3 Å². The van der Waals surface area contributed by atoms with Gasteiger partial charge >= 0.3 is 5.97 Å². The van der Waals surface area contributed by atoms with Crippen LogP contribution >= 0.6 is 22.9 Å². The maximum Gasteiger partial charge on any atom is 0.311 e. The highest BCUT2D eigenvalue weighted by atomic mass is 35.5. The van der Waals surface area contributed by atoms with Crippen molar-refractivity contribution < 1.29 is 14.3 Å². The first-order valence-corrected chi connectivity index (χ1v) is 9.30. The third-order valence-electron chi connectivity index (χ3n) is 2.98. The number of carbonyl (C=O) groups is 1. The first-order valence-electron chi connectivity index (χ1n) is 7.89. The molecule has 1 heterocycles. The maximum absolute atomic E-state index is 11.4. The summed E-state index contributed by atoms with van der Waals surface area (Å²) in [5, 5.41) is 6.57. The summed E-state index contributed by atoms with van der Waals surface area (Å²) in [6.45, 7) is 2.75. The van der Waals surface area contributed by atoms with Gasteiger partial charge in [-0.15, -0.1) is 22.9 Å². The van der Waals surface area contributed by atoms with E-state index >= 15 is 0 Å². The third-order valence-corrected chi connectivity index (χ3v) is 4.05. The Morgan fingerprint density at radius 2 is 2.20 bits per heavy atom. The lowest BCUT2D eigenvalue weighted by molar-refractivity contribution is -0.142. The summed E-state index contributed by atoms with van der Waals surface area (Å²) < 4.78 is 10.4. The van der Waals surface area contributed by atoms with Crippen molar-refractivity contribution in [2.75, 3.05) is 24.5 Å². The molecule has 0 aliphatic heterocycles. The van der Waals surface area contributed by atoms with E-state index in [1.54, 1.807) is 13.1 Å². The van der Waals surface area contributed by atoms with Gasteiger partial charge < -0.3 is 9.47 Å². The normalized spacial score (nSPS) is 10.8. The predicted octanol–water partition coefficient (Wildman–Crippen LogP) is 3.70. The van der Waals surface area contributed by atoms with Crippen molar-refractivity contribution in [2.24, 2.45) is 5.10 Å².